The summed E-state index contributed by atoms with van der Waals surface area (Å²) in [5, 5.41) is 1.21. The number of carbonyl (C=O) groups excluding carboxylic acids is 1. The molecule has 3 aromatic rings. The number of para-hydroxylation sites is 1. The summed E-state index contributed by atoms with van der Waals surface area (Å²) >= 11 is 5.67. The van der Waals surface area contributed by atoms with Crippen molar-refractivity contribution in [3.8, 4) is 0 Å². The Kier molecular flexibility index (Phi) is 3.05. The largest absolute Gasteiger partial charge is 0.442 e. The van der Waals surface area contributed by atoms with Crippen molar-refractivity contribution in [2.24, 2.45) is 0 Å². The molecular weight excluding hydrogens is 262 g/mol. The number of hydrogen-bond donors (Lipinski definition) is 0. The summed E-state index contributed by atoms with van der Waals surface area (Å²) in [6, 6.07) is 12.8. The second-order valence-electron chi connectivity index (χ2n) is 4.19. The third-order valence-electron chi connectivity index (χ3n) is 2.94. The first-order chi connectivity index (χ1) is 9.24. The third kappa shape index (κ3) is 2.37. The van der Waals surface area contributed by atoms with Crippen molar-refractivity contribution in [1.29, 1.82) is 0 Å². The summed E-state index contributed by atoms with van der Waals surface area (Å²) in [4.78, 5) is 16.4. The van der Waals surface area contributed by atoms with E-state index in [1.54, 1.807) is 18.3 Å². The molecule has 0 N–H and O–H groups in total. The molecule has 0 saturated carbocycles. The number of pyridine rings is 1. The van der Waals surface area contributed by atoms with Crippen molar-refractivity contribution in [2.75, 3.05) is 0 Å². The van der Waals surface area contributed by atoms with Gasteiger partial charge in [-0.3, -0.25) is 9.78 Å². The number of fused-ring (bicyclic) bond motifs is 1. The number of Topliss-reactive ketones (excluding diaryl/α,β-unsaturated/α-hetero) is 1. The van der Waals surface area contributed by atoms with Crippen LogP contribution in [0.5, 0.6) is 0 Å². The zero-order valence-corrected chi connectivity index (χ0v) is 10.7. The number of nitrogens with zero attached hydrogens (tertiary/aromatic N) is 1. The van der Waals surface area contributed by atoms with Gasteiger partial charge < -0.3 is 4.42 Å². The molecule has 0 radical (unpaired) electrons. The molecule has 3 rings (SSSR count). The van der Waals surface area contributed by atoms with Crippen LogP contribution in [0.3, 0.4) is 0 Å². The summed E-state index contributed by atoms with van der Waals surface area (Å²) in [6.07, 6.45) is 1.98. The number of hydrogen-bond acceptors (Lipinski definition) is 3. The van der Waals surface area contributed by atoms with E-state index in [9.17, 15) is 4.79 Å². The molecule has 0 aliphatic heterocycles. The van der Waals surface area contributed by atoms with Gasteiger partial charge in [0.15, 0.2) is 11.0 Å². The molecule has 0 aliphatic rings. The normalized spacial score (nSPS) is 10.8. The summed E-state index contributed by atoms with van der Waals surface area (Å²) in [7, 11) is 0. The Morgan fingerprint density at radius 2 is 2.00 bits per heavy atom. The van der Waals surface area contributed by atoms with Crippen molar-refractivity contribution in [3.05, 3.63) is 65.2 Å². The molecule has 0 bridgehead atoms. The lowest BCUT2D eigenvalue weighted by molar-refractivity contribution is 0.0967. The molecule has 3 nitrogen and oxygen atoms in total. The Morgan fingerprint density at radius 3 is 2.79 bits per heavy atom. The monoisotopic (exact) mass is 271 g/mol. The first-order valence-electron chi connectivity index (χ1n) is 5.85. The highest BCUT2D eigenvalue weighted by atomic mass is 35.5. The van der Waals surface area contributed by atoms with Gasteiger partial charge in [-0.2, -0.15) is 0 Å². The fourth-order valence-corrected chi connectivity index (χ4v) is 2.18. The standard InChI is InChI=1S/C15H10ClNO2/c16-15-6-5-14(19-15)13(18)9-10-7-8-17-12-4-2-1-3-11(10)12/h1-8H,9H2. The average Bonchev–Trinajstić information content (AvgIpc) is 2.86. The highest BCUT2D eigenvalue weighted by Gasteiger charge is 2.13. The van der Waals surface area contributed by atoms with Crippen LogP contribution < -0.4 is 0 Å². The average molecular weight is 272 g/mol. The molecule has 0 fully saturated rings. The predicted molar refractivity (Wildman–Crippen MR) is 73.5 cm³/mol. The Morgan fingerprint density at radius 1 is 1.16 bits per heavy atom. The van der Waals surface area contributed by atoms with Gasteiger partial charge in [-0.1, -0.05) is 18.2 Å². The molecule has 1 aromatic carbocycles. The molecule has 0 atom stereocenters. The molecule has 0 saturated heterocycles. The minimum atomic E-state index is -0.0942. The van der Waals surface area contributed by atoms with E-state index < -0.39 is 0 Å². The number of ketones is 1. The Bertz CT molecular complexity index is 743. The Labute approximate surface area is 114 Å². The van der Waals surface area contributed by atoms with Crippen LogP contribution in [0.25, 0.3) is 10.9 Å². The highest BCUT2D eigenvalue weighted by molar-refractivity contribution is 6.29. The van der Waals surface area contributed by atoms with Gasteiger partial charge in [-0.25, -0.2) is 0 Å². The van der Waals surface area contributed by atoms with Crippen LogP contribution >= 0.6 is 11.6 Å². The minimum absolute atomic E-state index is 0.0942. The van der Waals surface area contributed by atoms with Gasteiger partial charge in [0.1, 0.15) is 0 Å². The second-order valence-corrected chi connectivity index (χ2v) is 4.56. The Balaban J connectivity index is 1.95. The molecule has 2 heterocycles. The molecule has 0 unspecified atom stereocenters. The van der Waals surface area contributed by atoms with Crippen molar-refractivity contribution in [3.63, 3.8) is 0 Å². The Hall–Kier alpha value is -2.13. The van der Waals surface area contributed by atoms with E-state index in [0.717, 1.165) is 16.5 Å². The molecule has 4 heteroatoms. The van der Waals surface area contributed by atoms with Crippen molar-refractivity contribution >= 4 is 28.3 Å². The van der Waals surface area contributed by atoms with E-state index in [-0.39, 0.29) is 23.2 Å². The summed E-state index contributed by atoms with van der Waals surface area (Å²) < 4.78 is 5.13. The molecular formula is C15H10ClNO2. The lowest BCUT2D eigenvalue weighted by atomic mass is 10.0. The summed E-state index contributed by atoms with van der Waals surface area (Å²) in [5.41, 5.74) is 1.81. The zero-order chi connectivity index (χ0) is 13.2. The van der Waals surface area contributed by atoms with Crippen LogP contribution in [0, 0.1) is 0 Å². The van der Waals surface area contributed by atoms with E-state index in [0.29, 0.717) is 0 Å². The number of rotatable bonds is 3. The van der Waals surface area contributed by atoms with Crippen LogP contribution in [-0.2, 0) is 6.42 Å². The lowest BCUT2D eigenvalue weighted by Gasteiger charge is -2.04. The fourth-order valence-electron chi connectivity index (χ4n) is 2.03. The van der Waals surface area contributed by atoms with Crippen molar-refractivity contribution < 1.29 is 9.21 Å². The SMILES string of the molecule is O=C(Cc1ccnc2ccccc12)c1ccc(Cl)o1. The highest BCUT2D eigenvalue weighted by Crippen LogP contribution is 2.20. The summed E-state index contributed by atoms with van der Waals surface area (Å²) in [6.45, 7) is 0. The maximum absolute atomic E-state index is 12.1. The van der Waals surface area contributed by atoms with Gasteiger partial charge in [0, 0.05) is 18.0 Å². The quantitative estimate of drug-likeness (QED) is 0.679. The maximum atomic E-state index is 12.1. The first-order valence-corrected chi connectivity index (χ1v) is 6.23. The summed E-state index contributed by atoms with van der Waals surface area (Å²) in [5.74, 6) is 0.189. The van der Waals surface area contributed by atoms with Crippen molar-refractivity contribution in [1.82, 2.24) is 4.98 Å². The van der Waals surface area contributed by atoms with E-state index >= 15 is 0 Å². The lowest BCUT2D eigenvalue weighted by Crippen LogP contribution is -2.02. The smallest absolute Gasteiger partial charge is 0.202 e. The maximum Gasteiger partial charge on any atom is 0.202 e. The fraction of sp³-hybridized carbons (Fsp3) is 0.0667. The van der Waals surface area contributed by atoms with Gasteiger partial charge >= 0.3 is 0 Å². The predicted octanol–water partition coefficient (Wildman–Crippen LogP) is 3.91. The topological polar surface area (TPSA) is 43.1 Å². The van der Waals surface area contributed by atoms with Crippen LogP contribution in [0.2, 0.25) is 5.22 Å². The number of furan rings is 1. The van der Waals surface area contributed by atoms with Gasteiger partial charge in [0.2, 0.25) is 5.78 Å². The number of aromatic nitrogens is 1. The molecule has 0 aliphatic carbocycles. The number of carbonyl (C=O) groups is 1. The molecule has 2 aromatic heterocycles. The third-order valence-corrected chi connectivity index (χ3v) is 3.14. The van der Waals surface area contributed by atoms with Gasteiger partial charge in [-0.05, 0) is 41.4 Å². The van der Waals surface area contributed by atoms with Crippen LogP contribution in [0.15, 0.2) is 53.1 Å². The molecule has 94 valence electrons. The second kappa shape index (κ2) is 4.86. The molecule has 0 amide bonds. The first kappa shape index (κ1) is 11.9. The molecule has 0 spiro atoms. The van der Waals surface area contributed by atoms with E-state index in [1.807, 2.05) is 30.3 Å². The van der Waals surface area contributed by atoms with Crippen LogP contribution in [-0.4, -0.2) is 10.8 Å². The number of benzene rings is 1. The van der Waals surface area contributed by atoms with Gasteiger partial charge in [0.05, 0.1) is 5.52 Å². The van der Waals surface area contributed by atoms with Gasteiger partial charge in [-0.15, -0.1) is 0 Å². The van der Waals surface area contributed by atoms with Gasteiger partial charge in [0.25, 0.3) is 0 Å². The number of halogens is 1. The van der Waals surface area contributed by atoms with Crippen molar-refractivity contribution in [2.45, 2.75) is 6.42 Å². The zero-order valence-electron chi connectivity index (χ0n) is 9.97. The molecule has 19 heavy (non-hydrogen) atoms. The van der Waals surface area contributed by atoms with E-state index in [1.165, 1.54) is 0 Å². The van der Waals surface area contributed by atoms with Crippen LogP contribution in [0.1, 0.15) is 16.1 Å². The minimum Gasteiger partial charge on any atom is -0.442 e. The van der Waals surface area contributed by atoms with E-state index in [4.69, 9.17) is 16.0 Å². The van der Waals surface area contributed by atoms with Crippen LogP contribution in [0.4, 0.5) is 0 Å². The van der Waals surface area contributed by atoms with E-state index in [2.05, 4.69) is 4.98 Å².